The molecule has 2 rings (SSSR count). The molecule has 0 aromatic carbocycles. The maximum absolute atomic E-state index is 5.70. The normalized spacial score (nSPS) is 10.3. The Morgan fingerprint density at radius 2 is 2.45 bits per heavy atom. The summed E-state index contributed by atoms with van der Waals surface area (Å²) >= 11 is 7.33. The summed E-state index contributed by atoms with van der Waals surface area (Å²) in [5, 5.41) is 7.80. The first-order chi connectivity index (χ1) is 5.36. The van der Waals surface area contributed by atoms with Gasteiger partial charge >= 0.3 is 0 Å². The van der Waals surface area contributed by atoms with E-state index in [1.54, 1.807) is 28.4 Å². The van der Waals surface area contributed by atoms with Crippen LogP contribution in [0.2, 0.25) is 5.02 Å². The first-order valence-electron chi connectivity index (χ1n) is 3.10. The Bertz CT molecular complexity index is 339. The molecule has 0 radical (unpaired) electrons. The van der Waals surface area contributed by atoms with E-state index >= 15 is 0 Å². The lowest BCUT2D eigenvalue weighted by atomic mass is 10.6. The smallest absolute Gasteiger partial charge is 0.117 e. The molecule has 0 amide bonds. The van der Waals surface area contributed by atoms with Crippen LogP contribution in [0.25, 0.3) is 5.00 Å². The summed E-state index contributed by atoms with van der Waals surface area (Å²) < 4.78 is 1.76. The van der Waals surface area contributed by atoms with Gasteiger partial charge in [0.1, 0.15) is 5.00 Å². The van der Waals surface area contributed by atoms with Crippen molar-refractivity contribution in [3.63, 3.8) is 0 Å². The second-order valence-electron chi connectivity index (χ2n) is 2.05. The summed E-state index contributed by atoms with van der Waals surface area (Å²) in [4.78, 5) is 0. The monoisotopic (exact) mass is 184 g/mol. The molecule has 0 saturated heterocycles. The number of hydrogen-bond acceptors (Lipinski definition) is 2. The van der Waals surface area contributed by atoms with Crippen molar-refractivity contribution < 1.29 is 0 Å². The summed E-state index contributed by atoms with van der Waals surface area (Å²) in [5.41, 5.74) is 0. The van der Waals surface area contributed by atoms with E-state index in [4.69, 9.17) is 11.6 Å². The van der Waals surface area contributed by atoms with Crippen molar-refractivity contribution in [1.82, 2.24) is 9.78 Å². The third-order valence-corrected chi connectivity index (χ3v) is 2.34. The van der Waals surface area contributed by atoms with Crippen LogP contribution in [-0.4, -0.2) is 9.78 Å². The van der Waals surface area contributed by atoms with Gasteiger partial charge in [0, 0.05) is 0 Å². The van der Waals surface area contributed by atoms with E-state index in [1.165, 1.54) is 0 Å². The third kappa shape index (κ3) is 1.29. The first kappa shape index (κ1) is 6.88. The average molecular weight is 185 g/mol. The number of aromatic nitrogens is 2. The second-order valence-corrected chi connectivity index (χ2v) is 3.42. The predicted molar refractivity (Wildman–Crippen MR) is 46.5 cm³/mol. The Hall–Kier alpha value is -0.800. The van der Waals surface area contributed by atoms with Crippen LogP contribution >= 0.6 is 22.9 Å². The highest BCUT2D eigenvalue weighted by Gasteiger charge is 1.97. The van der Waals surface area contributed by atoms with Gasteiger partial charge < -0.3 is 0 Å². The quantitative estimate of drug-likeness (QED) is 0.666. The zero-order valence-corrected chi connectivity index (χ0v) is 7.14. The van der Waals surface area contributed by atoms with E-state index in [-0.39, 0.29) is 0 Å². The summed E-state index contributed by atoms with van der Waals surface area (Å²) in [6.07, 6.45) is 3.41. The van der Waals surface area contributed by atoms with Crippen molar-refractivity contribution >= 4 is 22.9 Å². The number of nitrogens with zero attached hydrogens (tertiary/aromatic N) is 2. The Morgan fingerprint density at radius 1 is 1.55 bits per heavy atom. The van der Waals surface area contributed by atoms with Crippen molar-refractivity contribution in [3.05, 3.63) is 34.9 Å². The van der Waals surface area contributed by atoms with E-state index in [9.17, 15) is 0 Å². The summed E-state index contributed by atoms with van der Waals surface area (Å²) in [5.74, 6) is 0. The molecule has 56 valence electrons. The molecule has 0 N–H and O–H groups in total. The fraction of sp³-hybridized carbons (Fsp3) is 0. The summed E-state index contributed by atoms with van der Waals surface area (Å²) in [6, 6.07) is 3.98. The maximum Gasteiger partial charge on any atom is 0.117 e. The Balaban J connectivity index is 2.45. The van der Waals surface area contributed by atoms with Crippen LogP contribution in [0.1, 0.15) is 0 Å². The topological polar surface area (TPSA) is 17.8 Å². The van der Waals surface area contributed by atoms with Gasteiger partial charge in [0.05, 0.1) is 17.4 Å². The zero-order valence-electron chi connectivity index (χ0n) is 5.57. The van der Waals surface area contributed by atoms with Crippen LogP contribution in [0.5, 0.6) is 0 Å². The average Bonchev–Trinajstić information content (AvgIpc) is 2.55. The molecule has 0 saturated carbocycles. The molecule has 0 unspecified atom stereocenters. The Labute approximate surface area is 73.0 Å². The van der Waals surface area contributed by atoms with Crippen molar-refractivity contribution in [3.8, 4) is 5.00 Å². The molecule has 4 heteroatoms. The van der Waals surface area contributed by atoms with Crippen molar-refractivity contribution in [2.24, 2.45) is 0 Å². The van der Waals surface area contributed by atoms with Gasteiger partial charge in [-0.3, -0.25) is 0 Å². The first-order valence-corrected chi connectivity index (χ1v) is 4.36. The SMILES string of the molecule is Clc1cnn(-c2cccs2)c1. The van der Waals surface area contributed by atoms with Gasteiger partial charge in [-0.2, -0.15) is 5.10 Å². The lowest BCUT2D eigenvalue weighted by Crippen LogP contribution is -1.88. The van der Waals surface area contributed by atoms with Gasteiger partial charge in [0.25, 0.3) is 0 Å². The minimum absolute atomic E-state index is 0.665. The Kier molecular flexibility index (Phi) is 1.68. The lowest BCUT2D eigenvalue weighted by molar-refractivity contribution is 0.898. The molecule has 0 aliphatic rings. The van der Waals surface area contributed by atoms with E-state index in [0.29, 0.717) is 5.02 Å². The van der Waals surface area contributed by atoms with Gasteiger partial charge in [0.15, 0.2) is 0 Å². The molecule has 0 bridgehead atoms. The molecule has 2 nitrogen and oxygen atoms in total. The van der Waals surface area contributed by atoms with Crippen LogP contribution < -0.4 is 0 Å². The minimum Gasteiger partial charge on any atom is -0.229 e. The number of hydrogen-bond donors (Lipinski definition) is 0. The molecule has 0 spiro atoms. The Morgan fingerprint density at radius 3 is 3.00 bits per heavy atom. The number of rotatable bonds is 1. The molecule has 2 aromatic heterocycles. The van der Waals surface area contributed by atoms with E-state index < -0.39 is 0 Å². The second kappa shape index (κ2) is 2.68. The standard InChI is InChI=1S/C7H5ClN2S/c8-6-4-9-10(5-6)7-2-1-3-11-7/h1-5H. The zero-order chi connectivity index (χ0) is 7.68. The molecular formula is C7H5ClN2S. The fourth-order valence-corrected chi connectivity index (χ4v) is 1.62. The van der Waals surface area contributed by atoms with Crippen LogP contribution in [-0.2, 0) is 0 Å². The van der Waals surface area contributed by atoms with Crippen LogP contribution in [0.4, 0.5) is 0 Å². The molecule has 11 heavy (non-hydrogen) atoms. The van der Waals surface area contributed by atoms with Gasteiger partial charge in [-0.05, 0) is 17.5 Å². The van der Waals surface area contributed by atoms with E-state index in [1.807, 2.05) is 17.5 Å². The van der Waals surface area contributed by atoms with Gasteiger partial charge in [-0.15, -0.1) is 11.3 Å². The molecule has 2 aromatic rings. The van der Waals surface area contributed by atoms with E-state index in [2.05, 4.69) is 5.10 Å². The van der Waals surface area contributed by atoms with Gasteiger partial charge in [-0.1, -0.05) is 11.6 Å². The van der Waals surface area contributed by atoms with Gasteiger partial charge in [0.2, 0.25) is 0 Å². The predicted octanol–water partition coefficient (Wildman–Crippen LogP) is 2.59. The molecule has 0 aliphatic heterocycles. The van der Waals surface area contributed by atoms with Crippen LogP contribution in [0.3, 0.4) is 0 Å². The molecule has 0 aliphatic carbocycles. The molecule has 0 atom stereocenters. The number of halogens is 1. The maximum atomic E-state index is 5.70. The van der Waals surface area contributed by atoms with Crippen molar-refractivity contribution in [2.75, 3.05) is 0 Å². The number of thiophene rings is 1. The van der Waals surface area contributed by atoms with Crippen LogP contribution in [0, 0.1) is 0 Å². The minimum atomic E-state index is 0.665. The highest BCUT2D eigenvalue weighted by atomic mass is 35.5. The summed E-state index contributed by atoms with van der Waals surface area (Å²) in [7, 11) is 0. The lowest BCUT2D eigenvalue weighted by Gasteiger charge is -1.91. The highest BCUT2D eigenvalue weighted by molar-refractivity contribution is 7.12. The molecular weight excluding hydrogens is 180 g/mol. The largest absolute Gasteiger partial charge is 0.229 e. The van der Waals surface area contributed by atoms with Gasteiger partial charge in [-0.25, -0.2) is 4.68 Å². The van der Waals surface area contributed by atoms with E-state index in [0.717, 1.165) is 5.00 Å². The molecule has 2 heterocycles. The highest BCUT2D eigenvalue weighted by Crippen LogP contribution is 2.15. The van der Waals surface area contributed by atoms with Crippen molar-refractivity contribution in [2.45, 2.75) is 0 Å². The molecule has 0 fully saturated rings. The summed E-state index contributed by atoms with van der Waals surface area (Å²) in [6.45, 7) is 0. The third-order valence-electron chi connectivity index (χ3n) is 1.28. The van der Waals surface area contributed by atoms with Crippen molar-refractivity contribution in [1.29, 1.82) is 0 Å². The van der Waals surface area contributed by atoms with Crippen LogP contribution in [0.15, 0.2) is 29.9 Å². The fourth-order valence-electron chi connectivity index (χ4n) is 0.822.